The van der Waals surface area contributed by atoms with E-state index >= 15 is 0 Å². The molecule has 4 nitrogen and oxygen atoms in total. The maximum absolute atomic E-state index is 13.1. The highest BCUT2D eigenvalue weighted by Gasteiger charge is 2.13. The molecular formula is C21H19N3OS. The summed E-state index contributed by atoms with van der Waals surface area (Å²) in [5, 5.41) is 8.08. The maximum atomic E-state index is 13.1. The van der Waals surface area contributed by atoms with Crippen molar-refractivity contribution in [3.05, 3.63) is 91.3 Å². The molecule has 0 aliphatic heterocycles. The first kappa shape index (κ1) is 16.4. The van der Waals surface area contributed by atoms with Crippen LogP contribution < -0.4 is 9.86 Å². The van der Waals surface area contributed by atoms with Gasteiger partial charge in [-0.15, -0.1) is 0 Å². The van der Waals surface area contributed by atoms with Crippen molar-refractivity contribution >= 4 is 26.8 Å². The summed E-state index contributed by atoms with van der Waals surface area (Å²) < 4.78 is 16.2. The number of benzene rings is 3. The lowest BCUT2D eigenvalue weighted by Gasteiger charge is -2.23. The number of fused-ring (bicyclic) bond motifs is 1. The Labute approximate surface area is 153 Å². The summed E-state index contributed by atoms with van der Waals surface area (Å²) >= 11 is 0. The standard InChI is InChI=1S/C21H19N3OS/c22-26(25,24-21-8-4-7-18-13-14-23-15-20(18)21)19-11-9-17(10-12-19)16-5-2-1-3-6-16/h1-15,26H,(H3,22,24,25). The number of pyridine rings is 1. The third kappa shape index (κ3) is 3.22. The summed E-state index contributed by atoms with van der Waals surface area (Å²) in [5.41, 5.74) is 2.89. The first-order valence-electron chi connectivity index (χ1n) is 8.29. The molecule has 130 valence electrons. The van der Waals surface area contributed by atoms with Crippen molar-refractivity contribution < 1.29 is 4.21 Å². The molecule has 0 saturated heterocycles. The molecule has 3 N–H and O–H groups in total. The zero-order valence-electron chi connectivity index (χ0n) is 14.0. The van der Waals surface area contributed by atoms with E-state index in [9.17, 15) is 4.21 Å². The molecule has 26 heavy (non-hydrogen) atoms. The van der Waals surface area contributed by atoms with E-state index in [0.29, 0.717) is 10.6 Å². The monoisotopic (exact) mass is 361 g/mol. The van der Waals surface area contributed by atoms with Crippen LogP contribution in [0.1, 0.15) is 0 Å². The predicted molar refractivity (Wildman–Crippen MR) is 109 cm³/mol. The van der Waals surface area contributed by atoms with E-state index in [1.165, 1.54) is 0 Å². The second-order valence-corrected chi connectivity index (χ2v) is 8.14. The number of thiol groups is 1. The van der Waals surface area contributed by atoms with Gasteiger partial charge in [-0.05, 0) is 40.8 Å². The van der Waals surface area contributed by atoms with Gasteiger partial charge in [-0.25, -0.2) is 4.21 Å². The Kier molecular flexibility index (Phi) is 4.24. The normalized spacial score (nSPS) is 12.0. The van der Waals surface area contributed by atoms with Crippen LogP contribution in [0.4, 0.5) is 5.69 Å². The quantitative estimate of drug-likeness (QED) is 0.477. The number of hydrogen-bond donors (Lipinski definition) is 3. The molecule has 4 rings (SSSR count). The van der Waals surface area contributed by atoms with Crippen molar-refractivity contribution in [2.75, 3.05) is 4.72 Å². The molecule has 0 unspecified atom stereocenters. The fraction of sp³-hybridized carbons (Fsp3) is 0. The number of nitrogens with one attached hydrogen (secondary N) is 1. The van der Waals surface area contributed by atoms with Crippen LogP contribution in [0.15, 0.2) is 96.2 Å². The van der Waals surface area contributed by atoms with E-state index in [0.717, 1.165) is 21.9 Å². The molecule has 0 radical (unpaired) electrons. The van der Waals surface area contributed by atoms with Crippen LogP contribution in [0.2, 0.25) is 0 Å². The fourth-order valence-electron chi connectivity index (χ4n) is 2.96. The number of anilines is 1. The maximum Gasteiger partial charge on any atom is 0.0551 e. The van der Waals surface area contributed by atoms with E-state index in [-0.39, 0.29) is 0 Å². The summed E-state index contributed by atoms with van der Waals surface area (Å²) in [6.45, 7) is 0. The van der Waals surface area contributed by atoms with Crippen molar-refractivity contribution in [2.24, 2.45) is 5.14 Å². The van der Waals surface area contributed by atoms with Gasteiger partial charge < -0.3 is 4.72 Å². The Morgan fingerprint density at radius 1 is 0.808 bits per heavy atom. The Morgan fingerprint density at radius 3 is 2.31 bits per heavy atom. The topological polar surface area (TPSA) is 68.0 Å². The first-order chi connectivity index (χ1) is 12.6. The second kappa shape index (κ2) is 6.71. The number of rotatable bonds is 4. The highest BCUT2D eigenvalue weighted by Crippen LogP contribution is 2.27. The highest BCUT2D eigenvalue weighted by molar-refractivity contribution is 8.02. The van der Waals surface area contributed by atoms with Gasteiger partial charge in [0.15, 0.2) is 0 Å². The molecule has 3 aromatic carbocycles. The van der Waals surface area contributed by atoms with Gasteiger partial charge in [0, 0.05) is 33.0 Å². The van der Waals surface area contributed by atoms with Crippen LogP contribution in [0.25, 0.3) is 21.9 Å². The lowest BCUT2D eigenvalue weighted by Crippen LogP contribution is -2.31. The smallest absolute Gasteiger partial charge is 0.0551 e. The lowest BCUT2D eigenvalue weighted by atomic mass is 10.1. The molecule has 0 atom stereocenters. The molecule has 1 heterocycles. The van der Waals surface area contributed by atoms with Gasteiger partial charge in [-0.2, -0.15) is 0 Å². The lowest BCUT2D eigenvalue weighted by molar-refractivity contribution is 0.675. The molecule has 0 aliphatic rings. The van der Waals surface area contributed by atoms with Gasteiger partial charge in [0.05, 0.1) is 5.69 Å². The van der Waals surface area contributed by atoms with Crippen LogP contribution in [0.5, 0.6) is 0 Å². The number of nitrogens with zero attached hydrogens (tertiary/aromatic N) is 1. The van der Waals surface area contributed by atoms with Gasteiger partial charge in [0.25, 0.3) is 0 Å². The minimum atomic E-state index is -3.26. The molecule has 0 aliphatic carbocycles. The number of nitrogens with two attached hydrogens (primary N) is 1. The zero-order chi connectivity index (χ0) is 18.0. The van der Waals surface area contributed by atoms with Gasteiger partial charge in [0.2, 0.25) is 0 Å². The molecule has 0 bridgehead atoms. The van der Waals surface area contributed by atoms with Crippen molar-refractivity contribution in [1.29, 1.82) is 0 Å². The molecule has 1 aromatic heterocycles. The number of aromatic nitrogens is 1. The van der Waals surface area contributed by atoms with Crippen molar-refractivity contribution in [3.8, 4) is 11.1 Å². The second-order valence-electron chi connectivity index (χ2n) is 6.09. The van der Waals surface area contributed by atoms with E-state index in [4.69, 9.17) is 5.14 Å². The van der Waals surface area contributed by atoms with Crippen LogP contribution in [-0.2, 0) is 10.3 Å². The van der Waals surface area contributed by atoms with Gasteiger partial charge >= 0.3 is 0 Å². The largest absolute Gasteiger partial charge is 0.312 e. The summed E-state index contributed by atoms with van der Waals surface area (Å²) in [4.78, 5) is 4.73. The average Bonchev–Trinajstić information content (AvgIpc) is 2.69. The summed E-state index contributed by atoms with van der Waals surface area (Å²) in [5.74, 6) is 0. The van der Waals surface area contributed by atoms with Crippen LogP contribution >= 0.6 is 0 Å². The van der Waals surface area contributed by atoms with Crippen LogP contribution in [0, 0.1) is 0 Å². The average molecular weight is 361 g/mol. The molecule has 0 amide bonds. The SMILES string of the molecule is N[SH](=O)(Nc1cccc2ccncc12)c1ccc(-c2ccccc2)cc1. The molecule has 0 saturated carbocycles. The fourth-order valence-corrected chi connectivity index (χ4v) is 4.23. The van der Waals surface area contributed by atoms with Gasteiger partial charge in [0.1, 0.15) is 0 Å². The number of hydrogen-bond acceptors (Lipinski definition) is 2. The Hall–Kier alpha value is -3.02. The molecule has 0 spiro atoms. The third-order valence-electron chi connectivity index (χ3n) is 4.33. The van der Waals surface area contributed by atoms with Crippen LogP contribution in [-0.4, -0.2) is 9.19 Å². The van der Waals surface area contributed by atoms with E-state index < -0.39 is 10.3 Å². The van der Waals surface area contributed by atoms with Gasteiger partial charge in [-0.3, -0.25) is 10.1 Å². The zero-order valence-corrected chi connectivity index (χ0v) is 14.9. The van der Waals surface area contributed by atoms with E-state index in [1.54, 1.807) is 12.4 Å². The summed E-state index contributed by atoms with van der Waals surface area (Å²) in [6.07, 6.45) is 3.48. The van der Waals surface area contributed by atoms with Crippen LogP contribution in [0.3, 0.4) is 0 Å². The Bertz CT molecular complexity index is 1090. The summed E-state index contributed by atoms with van der Waals surface area (Å²) in [7, 11) is -3.26. The third-order valence-corrected chi connectivity index (χ3v) is 5.97. The molecular weight excluding hydrogens is 342 g/mol. The highest BCUT2D eigenvalue weighted by atomic mass is 32.3. The van der Waals surface area contributed by atoms with Crippen molar-refractivity contribution in [3.63, 3.8) is 0 Å². The first-order valence-corrected chi connectivity index (χ1v) is 10.1. The minimum absolute atomic E-state index is 0.582. The van der Waals surface area contributed by atoms with Crippen molar-refractivity contribution in [1.82, 2.24) is 4.98 Å². The van der Waals surface area contributed by atoms with E-state index in [1.807, 2.05) is 78.9 Å². The van der Waals surface area contributed by atoms with Crippen molar-refractivity contribution in [2.45, 2.75) is 4.90 Å². The van der Waals surface area contributed by atoms with E-state index in [2.05, 4.69) is 9.71 Å². The Balaban J connectivity index is 1.65. The molecule has 5 heteroatoms. The van der Waals surface area contributed by atoms with Gasteiger partial charge in [-0.1, -0.05) is 54.6 Å². The predicted octanol–water partition coefficient (Wildman–Crippen LogP) is 4.18. The summed E-state index contributed by atoms with van der Waals surface area (Å²) in [6, 6.07) is 25.2. The minimum Gasteiger partial charge on any atom is -0.312 e. The Morgan fingerprint density at radius 2 is 1.54 bits per heavy atom. The molecule has 0 fully saturated rings. The molecule has 4 aromatic rings.